The molecule has 1 aromatic carbocycles. The van der Waals surface area contributed by atoms with Gasteiger partial charge in [-0.05, 0) is 70.2 Å². The van der Waals surface area contributed by atoms with Crippen LogP contribution in [0, 0.1) is 17.6 Å². The second-order valence-electron chi connectivity index (χ2n) is 10.7. The van der Waals surface area contributed by atoms with Gasteiger partial charge < -0.3 is 25.0 Å². The summed E-state index contributed by atoms with van der Waals surface area (Å²) in [4.78, 5) is 24.8. The van der Waals surface area contributed by atoms with E-state index in [0.717, 1.165) is 25.0 Å². The van der Waals surface area contributed by atoms with E-state index in [9.17, 15) is 13.6 Å². The Bertz CT molecular complexity index is 1050. The van der Waals surface area contributed by atoms with E-state index in [1.807, 2.05) is 32.6 Å². The Hall–Kier alpha value is -3.01. The fraction of sp³-hybridized carbons (Fsp3) is 0.577. The monoisotopic (exact) mass is 503 g/mol. The lowest BCUT2D eigenvalue weighted by atomic mass is 9.92. The predicted molar refractivity (Wildman–Crippen MR) is 132 cm³/mol. The van der Waals surface area contributed by atoms with Crippen LogP contribution < -0.4 is 15.4 Å². The van der Waals surface area contributed by atoms with E-state index in [-0.39, 0.29) is 29.7 Å². The number of hydrogen-bond acceptors (Lipinski definition) is 7. The molecule has 2 aliphatic heterocycles. The molecule has 0 spiro atoms. The number of carbonyl (C=O) groups is 1. The normalized spacial score (nSPS) is 22.0. The smallest absolute Gasteiger partial charge is 0.410 e. The van der Waals surface area contributed by atoms with Crippen LogP contribution in [0.25, 0.3) is 0 Å². The molecule has 0 radical (unpaired) electrons. The third-order valence-electron chi connectivity index (χ3n) is 6.80. The van der Waals surface area contributed by atoms with Gasteiger partial charge in [-0.3, -0.25) is 0 Å². The lowest BCUT2D eigenvalue weighted by Gasteiger charge is -2.35. The molecule has 196 valence electrons. The predicted octanol–water partition coefficient (Wildman–Crippen LogP) is 4.10. The summed E-state index contributed by atoms with van der Waals surface area (Å²) in [6.45, 7) is 9.70. The number of likely N-dealkylation sites (tertiary alicyclic amines) is 1. The van der Waals surface area contributed by atoms with Crippen molar-refractivity contribution in [1.29, 1.82) is 0 Å². The van der Waals surface area contributed by atoms with Gasteiger partial charge in [0.2, 0.25) is 5.95 Å². The van der Waals surface area contributed by atoms with Crippen molar-refractivity contribution in [2.75, 3.05) is 31.1 Å². The minimum Gasteiger partial charge on any atom is -0.487 e. The highest BCUT2D eigenvalue weighted by molar-refractivity contribution is 5.68. The summed E-state index contributed by atoms with van der Waals surface area (Å²) < 4.78 is 39.5. The Labute approximate surface area is 210 Å². The fourth-order valence-corrected chi connectivity index (χ4v) is 4.84. The summed E-state index contributed by atoms with van der Waals surface area (Å²) in [5.74, 6) is 0.00912. The number of ether oxygens (including phenoxy) is 2. The average molecular weight is 504 g/mol. The Morgan fingerprint density at radius 1 is 1.14 bits per heavy atom. The molecule has 3 unspecified atom stereocenters. The van der Waals surface area contributed by atoms with Gasteiger partial charge in [-0.1, -0.05) is 0 Å². The number of anilines is 1. The number of nitrogens with two attached hydrogens (primary N) is 1. The molecular weight excluding hydrogens is 468 g/mol. The van der Waals surface area contributed by atoms with Gasteiger partial charge in [0.15, 0.2) is 5.75 Å². The van der Waals surface area contributed by atoms with Crippen LogP contribution in [0.5, 0.6) is 5.75 Å². The largest absolute Gasteiger partial charge is 0.487 e. The van der Waals surface area contributed by atoms with Crippen molar-refractivity contribution in [2.45, 2.75) is 64.2 Å². The summed E-state index contributed by atoms with van der Waals surface area (Å²) in [5.41, 5.74) is 6.02. The Balaban J connectivity index is 1.30. The summed E-state index contributed by atoms with van der Waals surface area (Å²) in [6.07, 6.45) is 4.54. The van der Waals surface area contributed by atoms with Gasteiger partial charge in [0.05, 0.1) is 18.5 Å². The van der Waals surface area contributed by atoms with Crippen molar-refractivity contribution in [3.8, 4) is 5.75 Å². The zero-order chi connectivity index (χ0) is 26.0. The van der Waals surface area contributed by atoms with E-state index in [4.69, 9.17) is 15.2 Å². The van der Waals surface area contributed by atoms with E-state index in [0.29, 0.717) is 43.8 Å². The van der Waals surface area contributed by atoms with E-state index in [1.54, 1.807) is 17.3 Å². The lowest BCUT2D eigenvalue weighted by molar-refractivity contribution is 0.0121. The standard InChI is InChI=1S/C26H35F2N5O3/c1-16(17-7-9-32(10-8-17)25(34)36-26(2,3)4)35-19-12-30-24(31-13-19)33-14-21(23(29)15-33)20-11-18(27)5-6-22(20)28/h5-6,11-13,16-17,21,23H,7-10,14-15,29H2,1-4H3. The third-order valence-corrected chi connectivity index (χ3v) is 6.80. The van der Waals surface area contributed by atoms with Crippen LogP contribution in [0.15, 0.2) is 30.6 Å². The molecule has 2 aliphatic rings. The molecule has 1 aromatic heterocycles. The van der Waals surface area contributed by atoms with Crippen LogP contribution in [0.3, 0.4) is 0 Å². The van der Waals surface area contributed by atoms with Crippen molar-refractivity contribution < 1.29 is 23.0 Å². The zero-order valence-corrected chi connectivity index (χ0v) is 21.3. The maximum Gasteiger partial charge on any atom is 0.410 e. The van der Waals surface area contributed by atoms with Crippen molar-refractivity contribution in [3.05, 3.63) is 47.8 Å². The van der Waals surface area contributed by atoms with Gasteiger partial charge in [0.1, 0.15) is 17.2 Å². The molecule has 1 amide bonds. The van der Waals surface area contributed by atoms with Crippen molar-refractivity contribution in [3.63, 3.8) is 0 Å². The molecule has 10 heteroatoms. The van der Waals surface area contributed by atoms with E-state index >= 15 is 0 Å². The quantitative estimate of drug-likeness (QED) is 0.657. The molecule has 0 aliphatic carbocycles. The molecule has 8 nitrogen and oxygen atoms in total. The molecule has 2 N–H and O–H groups in total. The van der Waals surface area contributed by atoms with Crippen LogP contribution in [-0.2, 0) is 4.74 Å². The van der Waals surface area contributed by atoms with Gasteiger partial charge in [-0.25, -0.2) is 23.5 Å². The minimum absolute atomic E-state index is 0.0687. The van der Waals surface area contributed by atoms with Gasteiger partial charge in [-0.2, -0.15) is 0 Å². The maximum atomic E-state index is 14.3. The average Bonchev–Trinajstić information content (AvgIpc) is 3.21. The number of nitrogens with zero attached hydrogens (tertiary/aromatic N) is 4. The molecule has 0 bridgehead atoms. The van der Waals surface area contributed by atoms with Gasteiger partial charge in [-0.15, -0.1) is 0 Å². The highest BCUT2D eigenvalue weighted by Crippen LogP contribution is 2.31. The van der Waals surface area contributed by atoms with E-state index in [1.165, 1.54) is 6.07 Å². The van der Waals surface area contributed by atoms with Crippen molar-refractivity contribution in [2.24, 2.45) is 11.7 Å². The number of rotatable bonds is 5. The molecule has 2 saturated heterocycles. The maximum absolute atomic E-state index is 14.3. The summed E-state index contributed by atoms with van der Waals surface area (Å²) >= 11 is 0. The molecule has 3 atom stereocenters. The summed E-state index contributed by atoms with van der Waals surface area (Å²) in [6, 6.07) is 3.07. The number of piperidine rings is 1. The second kappa shape index (κ2) is 10.5. The minimum atomic E-state index is -0.507. The van der Waals surface area contributed by atoms with Crippen molar-refractivity contribution >= 4 is 12.0 Å². The van der Waals surface area contributed by atoms with E-state index < -0.39 is 17.2 Å². The van der Waals surface area contributed by atoms with Crippen LogP contribution in [0.2, 0.25) is 0 Å². The first-order valence-corrected chi connectivity index (χ1v) is 12.4. The zero-order valence-electron chi connectivity index (χ0n) is 21.3. The van der Waals surface area contributed by atoms with Crippen LogP contribution in [0.1, 0.15) is 52.0 Å². The molecule has 4 rings (SSSR count). The molecule has 0 saturated carbocycles. The topological polar surface area (TPSA) is 93.8 Å². The van der Waals surface area contributed by atoms with Crippen LogP contribution in [-0.4, -0.2) is 64.9 Å². The second-order valence-corrected chi connectivity index (χ2v) is 10.7. The van der Waals surface area contributed by atoms with E-state index in [2.05, 4.69) is 9.97 Å². The molecule has 36 heavy (non-hydrogen) atoms. The van der Waals surface area contributed by atoms with Crippen LogP contribution in [0.4, 0.5) is 19.5 Å². The number of benzene rings is 1. The third kappa shape index (κ3) is 6.21. The number of amides is 1. The molecule has 2 fully saturated rings. The molecular formula is C26H35F2N5O3. The number of carbonyl (C=O) groups excluding carboxylic acids is 1. The molecule has 3 heterocycles. The Morgan fingerprint density at radius 2 is 1.81 bits per heavy atom. The fourth-order valence-electron chi connectivity index (χ4n) is 4.84. The first-order chi connectivity index (χ1) is 17.0. The highest BCUT2D eigenvalue weighted by Gasteiger charge is 2.35. The van der Waals surface area contributed by atoms with Gasteiger partial charge >= 0.3 is 6.09 Å². The first kappa shape index (κ1) is 26.1. The molecule has 2 aromatic rings. The summed E-state index contributed by atoms with van der Waals surface area (Å²) in [7, 11) is 0. The van der Waals surface area contributed by atoms with Crippen molar-refractivity contribution in [1.82, 2.24) is 14.9 Å². The highest BCUT2D eigenvalue weighted by atomic mass is 19.1. The number of aromatic nitrogens is 2. The number of hydrogen-bond donors (Lipinski definition) is 1. The lowest BCUT2D eigenvalue weighted by Crippen LogP contribution is -2.44. The van der Waals surface area contributed by atoms with Crippen LogP contribution >= 0.6 is 0 Å². The van der Waals surface area contributed by atoms with Gasteiger partial charge in [0.25, 0.3) is 0 Å². The first-order valence-electron chi connectivity index (χ1n) is 12.4. The SMILES string of the molecule is CC(Oc1cnc(N2CC(N)C(c3cc(F)ccc3F)C2)nc1)C1CCN(C(=O)OC(C)(C)C)CC1. The Kier molecular flexibility index (Phi) is 7.63. The number of halogens is 2. The van der Waals surface area contributed by atoms with Gasteiger partial charge in [0, 0.05) is 38.1 Å². The summed E-state index contributed by atoms with van der Waals surface area (Å²) in [5, 5.41) is 0. The Morgan fingerprint density at radius 3 is 2.44 bits per heavy atom.